The normalized spacial score (nSPS) is 14.7. The van der Waals surface area contributed by atoms with E-state index in [1.165, 1.54) is 14.0 Å². The maximum atomic E-state index is 10.9. The van der Waals surface area contributed by atoms with Crippen LogP contribution in [-0.2, 0) is 14.3 Å². The Morgan fingerprint density at radius 3 is 2.25 bits per heavy atom. The van der Waals surface area contributed by atoms with Gasteiger partial charge in [-0.25, -0.2) is 4.79 Å². The van der Waals surface area contributed by atoms with Crippen molar-refractivity contribution >= 4 is 11.9 Å². The number of nitrogens with two attached hydrogens (primary N) is 1. The number of esters is 1. The molecule has 0 spiro atoms. The number of carbonyl (C=O) groups is 2. The summed E-state index contributed by atoms with van der Waals surface area (Å²) in [5.74, 6) is -0.850. The van der Waals surface area contributed by atoms with Gasteiger partial charge in [0.25, 0.3) is 0 Å². The Balaban J connectivity index is 3.92. The second-order valence-electron chi connectivity index (χ2n) is 2.54. The van der Waals surface area contributed by atoms with Crippen LogP contribution in [0.25, 0.3) is 0 Å². The highest BCUT2D eigenvalue weighted by molar-refractivity contribution is 5.86. The van der Waals surface area contributed by atoms with Crippen molar-refractivity contribution in [1.29, 1.82) is 0 Å². The van der Waals surface area contributed by atoms with Crippen LogP contribution in [0.2, 0.25) is 0 Å². The molecule has 0 saturated carbocycles. The van der Waals surface area contributed by atoms with E-state index in [9.17, 15) is 9.59 Å². The second kappa shape index (κ2) is 4.71. The zero-order chi connectivity index (χ0) is 9.72. The molecule has 0 aromatic heterocycles. The number of rotatable bonds is 3. The average molecular weight is 174 g/mol. The lowest BCUT2D eigenvalue weighted by molar-refractivity contribution is -0.144. The molecule has 70 valence electrons. The Kier molecular flexibility index (Phi) is 4.28. The highest BCUT2D eigenvalue weighted by Gasteiger charge is 2.17. The van der Waals surface area contributed by atoms with E-state index in [-0.39, 0.29) is 5.91 Å². The van der Waals surface area contributed by atoms with Crippen LogP contribution in [0.5, 0.6) is 0 Å². The van der Waals surface area contributed by atoms with Crippen LogP contribution >= 0.6 is 0 Å². The minimum absolute atomic E-state index is 0.368. The Morgan fingerprint density at radius 2 is 1.92 bits per heavy atom. The summed E-state index contributed by atoms with van der Waals surface area (Å²) in [6.45, 7) is 3.07. The van der Waals surface area contributed by atoms with E-state index in [0.717, 1.165) is 0 Å². The minimum Gasteiger partial charge on any atom is -0.467 e. The summed E-state index contributed by atoms with van der Waals surface area (Å²) < 4.78 is 4.40. The molecule has 0 rings (SSSR count). The fourth-order valence-electron chi connectivity index (χ4n) is 0.581. The van der Waals surface area contributed by atoms with Crippen LogP contribution in [0.4, 0.5) is 0 Å². The summed E-state index contributed by atoms with van der Waals surface area (Å²) in [6.07, 6.45) is 0. The third-order valence-electron chi connectivity index (χ3n) is 1.33. The molecule has 0 radical (unpaired) electrons. The predicted octanol–water partition coefficient (Wildman–Crippen LogP) is -0.989. The van der Waals surface area contributed by atoms with E-state index < -0.39 is 18.1 Å². The van der Waals surface area contributed by atoms with E-state index in [2.05, 4.69) is 10.1 Å². The Morgan fingerprint density at radius 1 is 1.42 bits per heavy atom. The molecule has 5 nitrogen and oxygen atoms in total. The lowest BCUT2D eigenvalue weighted by Crippen LogP contribution is -2.46. The van der Waals surface area contributed by atoms with Gasteiger partial charge in [-0.2, -0.15) is 0 Å². The van der Waals surface area contributed by atoms with Gasteiger partial charge in [0, 0.05) is 0 Å². The highest BCUT2D eigenvalue weighted by Crippen LogP contribution is 1.86. The van der Waals surface area contributed by atoms with Crippen LogP contribution in [0.15, 0.2) is 0 Å². The molecule has 0 aromatic carbocycles. The van der Waals surface area contributed by atoms with E-state index in [4.69, 9.17) is 5.73 Å². The Hall–Kier alpha value is -1.10. The number of hydrogen-bond donors (Lipinski definition) is 2. The third-order valence-corrected chi connectivity index (χ3v) is 1.33. The fourth-order valence-corrected chi connectivity index (χ4v) is 0.581. The molecule has 0 aromatic rings. The maximum Gasteiger partial charge on any atom is 0.328 e. The standard InChI is InChI=1S/C7H14N2O3/c1-4(8)6(10)9-5(2)7(11)12-3/h4-5H,8H2,1-3H3,(H,9,10). The van der Waals surface area contributed by atoms with Gasteiger partial charge in [0.2, 0.25) is 5.91 Å². The van der Waals surface area contributed by atoms with Gasteiger partial charge in [-0.05, 0) is 13.8 Å². The summed E-state index contributed by atoms with van der Waals surface area (Å²) in [4.78, 5) is 21.7. The summed E-state index contributed by atoms with van der Waals surface area (Å²) in [5, 5.41) is 2.39. The lowest BCUT2D eigenvalue weighted by Gasteiger charge is -2.12. The first-order chi connectivity index (χ1) is 5.49. The molecule has 0 saturated heterocycles. The Bertz CT molecular complexity index is 179. The first-order valence-corrected chi connectivity index (χ1v) is 3.62. The molecular weight excluding hydrogens is 160 g/mol. The van der Waals surface area contributed by atoms with Crippen molar-refractivity contribution in [1.82, 2.24) is 5.32 Å². The topological polar surface area (TPSA) is 81.4 Å². The average Bonchev–Trinajstić information content (AvgIpc) is 2.02. The number of methoxy groups -OCH3 is 1. The lowest BCUT2D eigenvalue weighted by atomic mass is 10.3. The number of nitrogens with one attached hydrogen (secondary N) is 1. The molecule has 0 aliphatic rings. The summed E-state index contributed by atoms with van der Waals surface area (Å²) >= 11 is 0. The van der Waals surface area contributed by atoms with Crippen LogP contribution in [0.3, 0.4) is 0 Å². The van der Waals surface area contributed by atoms with Crippen molar-refractivity contribution in [3.8, 4) is 0 Å². The van der Waals surface area contributed by atoms with Crippen molar-refractivity contribution in [2.45, 2.75) is 25.9 Å². The van der Waals surface area contributed by atoms with Crippen LogP contribution in [0.1, 0.15) is 13.8 Å². The number of amides is 1. The van der Waals surface area contributed by atoms with Gasteiger partial charge < -0.3 is 15.8 Å². The molecule has 0 aliphatic carbocycles. The van der Waals surface area contributed by atoms with Gasteiger partial charge in [0.05, 0.1) is 13.2 Å². The molecule has 0 bridgehead atoms. The predicted molar refractivity (Wildman–Crippen MR) is 43.3 cm³/mol. The van der Waals surface area contributed by atoms with E-state index in [1.54, 1.807) is 6.92 Å². The maximum absolute atomic E-state index is 10.9. The van der Waals surface area contributed by atoms with Gasteiger partial charge in [-0.1, -0.05) is 0 Å². The van der Waals surface area contributed by atoms with Gasteiger partial charge in [0.1, 0.15) is 6.04 Å². The smallest absolute Gasteiger partial charge is 0.328 e. The highest BCUT2D eigenvalue weighted by atomic mass is 16.5. The van der Waals surface area contributed by atoms with Gasteiger partial charge >= 0.3 is 5.97 Å². The van der Waals surface area contributed by atoms with Crippen molar-refractivity contribution in [2.24, 2.45) is 5.73 Å². The molecule has 2 atom stereocenters. The monoisotopic (exact) mass is 174 g/mol. The second-order valence-corrected chi connectivity index (χ2v) is 2.54. The van der Waals surface area contributed by atoms with E-state index in [1.807, 2.05) is 0 Å². The van der Waals surface area contributed by atoms with Crippen molar-refractivity contribution in [3.05, 3.63) is 0 Å². The Labute approximate surface area is 71.3 Å². The van der Waals surface area contributed by atoms with Gasteiger partial charge in [-0.3, -0.25) is 4.79 Å². The van der Waals surface area contributed by atoms with Crippen LogP contribution in [-0.4, -0.2) is 31.1 Å². The molecule has 1 amide bonds. The van der Waals surface area contributed by atoms with Crippen LogP contribution in [0, 0.1) is 0 Å². The first kappa shape index (κ1) is 10.9. The summed E-state index contributed by atoms with van der Waals surface area (Å²) in [5.41, 5.74) is 5.26. The van der Waals surface area contributed by atoms with Crippen molar-refractivity contribution < 1.29 is 14.3 Å². The molecule has 0 fully saturated rings. The molecule has 0 aliphatic heterocycles. The quantitative estimate of drug-likeness (QED) is 0.538. The van der Waals surface area contributed by atoms with Gasteiger partial charge in [-0.15, -0.1) is 0 Å². The fraction of sp³-hybridized carbons (Fsp3) is 0.714. The number of ether oxygens (including phenoxy) is 1. The number of hydrogen-bond acceptors (Lipinski definition) is 4. The minimum atomic E-state index is -0.645. The van der Waals surface area contributed by atoms with Crippen LogP contribution < -0.4 is 11.1 Å². The summed E-state index contributed by atoms with van der Waals surface area (Å²) in [7, 11) is 1.26. The van der Waals surface area contributed by atoms with Gasteiger partial charge in [0.15, 0.2) is 0 Å². The zero-order valence-corrected chi connectivity index (χ0v) is 7.46. The molecular formula is C7H14N2O3. The van der Waals surface area contributed by atoms with E-state index >= 15 is 0 Å². The van der Waals surface area contributed by atoms with E-state index in [0.29, 0.717) is 0 Å². The number of carbonyl (C=O) groups excluding carboxylic acids is 2. The first-order valence-electron chi connectivity index (χ1n) is 3.62. The zero-order valence-electron chi connectivity index (χ0n) is 7.46. The third kappa shape index (κ3) is 3.34. The molecule has 3 N–H and O–H groups in total. The molecule has 0 heterocycles. The molecule has 12 heavy (non-hydrogen) atoms. The molecule has 5 heteroatoms. The molecule has 2 unspecified atom stereocenters. The largest absolute Gasteiger partial charge is 0.467 e. The van der Waals surface area contributed by atoms with Crippen molar-refractivity contribution in [2.75, 3.05) is 7.11 Å². The summed E-state index contributed by atoms with van der Waals surface area (Å²) in [6, 6.07) is -1.26. The van der Waals surface area contributed by atoms with Crippen molar-refractivity contribution in [3.63, 3.8) is 0 Å². The SMILES string of the molecule is COC(=O)C(C)NC(=O)C(C)N.